The van der Waals surface area contributed by atoms with Crippen LogP contribution in [0.4, 0.5) is 23.2 Å². The lowest BCUT2D eigenvalue weighted by molar-refractivity contribution is -0.136. The number of hydrogen-bond donors (Lipinski definition) is 2. The Labute approximate surface area is 136 Å². The van der Waals surface area contributed by atoms with Crippen LogP contribution < -0.4 is 11.5 Å². The highest BCUT2D eigenvalue weighted by Crippen LogP contribution is 2.43. The van der Waals surface area contributed by atoms with E-state index < -0.39 is 23.5 Å². The van der Waals surface area contributed by atoms with Crippen molar-refractivity contribution < 1.29 is 22.4 Å². The largest absolute Gasteiger partial charge is 0.417 e. The number of carbonyl (C=O) groups is 1. The van der Waals surface area contributed by atoms with Crippen molar-refractivity contribution in [3.05, 3.63) is 46.6 Å². The zero-order chi connectivity index (χ0) is 17.6. The quantitative estimate of drug-likeness (QED) is 0.686. The standard InChI is InChI=1S/C15H9F4N3OS/c16-7-3-1-6(2-4-7)9-5-8(15(17,18)19)10-11(20)12(13(21)23)24-14(10)22-9/h1-5H,20H2,(H2,21,23). The van der Waals surface area contributed by atoms with E-state index in [-0.39, 0.29) is 26.5 Å². The van der Waals surface area contributed by atoms with Gasteiger partial charge in [0, 0.05) is 10.9 Å². The lowest BCUT2D eigenvalue weighted by Crippen LogP contribution is -2.11. The fraction of sp³-hybridized carbons (Fsp3) is 0.0667. The molecule has 3 aromatic rings. The second-order valence-corrected chi connectivity index (χ2v) is 5.95. The smallest absolute Gasteiger partial charge is 0.397 e. The topological polar surface area (TPSA) is 82.0 Å². The minimum absolute atomic E-state index is 0.00732. The highest BCUT2D eigenvalue weighted by atomic mass is 32.1. The van der Waals surface area contributed by atoms with Crippen molar-refractivity contribution in [1.29, 1.82) is 0 Å². The third kappa shape index (κ3) is 2.67. The predicted molar refractivity (Wildman–Crippen MR) is 82.9 cm³/mol. The Morgan fingerprint density at radius 1 is 1.17 bits per heavy atom. The molecule has 0 aliphatic carbocycles. The van der Waals surface area contributed by atoms with Crippen molar-refractivity contribution in [2.45, 2.75) is 6.18 Å². The molecule has 0 fully saturated rings. The van der Waals surface area contributed by atoms with Crippen LogP contribution in [0.1, 0.15) is 15.2 Å². The Kier molecular flexibility index (Phi) is 3.67. The molecule has 0 saturated carbocycles. The minimum Gasteiger partial charge on any atom is -0.397 e. The molecule has 0 unspecified atom stereocenters. The minimum atomic E-state index is -4.71. The molecule has 2 heterocycles. The van der Waals surface area contributed by atoms with Crippen LogP contribution in [-0.4, -0.2) is 10.9 Å². The maximum absolute atomic E-state index is 13.4. The van der Waals surface area contributed by atoms with Gasteiger partial charge in [0.25, 0.3) is 5.91 Å². The maximum Gasteiger partial charge on any atom is 0.417 e. The number of rotatable bonds is 2. The highest BCUT2D eigenvalue weighted by molar-refractivity contribution is 7.21. The first kappa shape index (κ1) is 16.2. The number of amides is 1. The molecule has 9 heteroatoms. The van der Waals surface area contributed by atoms with Crippen LogP contribution in [-0.2, 0) is 6.18 Å². The summed E-state index contributed by atoms with van der Waals surface area (Å²) in [4.78, 5) is 15.2. The summed E-state index contributed by atoms with van der Waals surface area (Å²) in [6, 6.07) is 5.69. The lowest BCUT2D eigenvalue weighted by atomic mass is 10.1. The summed E-state index contributed by atoms with van der Waals surface area (Å²) in [5, 5.41) is -0.354. The van der Waals surface area contributed by atoms with Gasteiger partial charge in [-0.1, -0.05) is 0 Å². The number of pyridine rings is 1. The van der Waals surface area contributed by atoms with Gasteiger partial charge in [0.2, 0.25) is 0 Å². The van der Waals surface area contributed by atoms with Crippen molar-refractivity contribution >= 4 is 33.1 Å². The first-order valence-corrected chi connectivity index (χ1v) is 7.36. The molecule has 1 amide bonds. The van der Waals surface area contributed by atoms with Gasteiger partial charge in [-0.25, -0.2) is 9.37 Å². The lowest BCUT2D eigenvalue weighted by Gasteiger charge is -2.11. The average Bonchev–Trinajstić information content (AvgIpc) is 2.83. The number of benzene rings is 1. The zero-order valence-corrected chi connectivity index (χ0v) is 12.6. The van der Waals surface area contributed by atoms with E-state index in [1.54, 1.807) is 0 Å². The van der Waals surface area contributed by atoms with Gasteiger partial charge < -0.3 is 11.5 Å². The monoisotopic (exact) mass is 355 g/mol. The Bertz CT molecular complexity index is 948. The van der Waals surface area contributed by atoms with Crippen molar-refractivity contribution in [3.8, 4) is 11.3 Å². The number of fused-ring (bicyclic) bond motifs is 1. The van der Waals surface area contributed by atoms with E-state index in [1.165, 1.54) is 12.1 Å². The molecule has 0 radical (unpaired) electrons. The van der Waals surface area contributed by atoms with Crippen LogP contribution in [0.3, 0.4) is 0 Å². The normalized spacial score (nSPS) is 11.8. The molecule has 124 valence electrons. The van der Waals surface area contributed by atoms with Crippen LogP contribution in [0, 0.1) is 5.82 Å². The number of nitrogens with two attached hydrogens (primary N) is 2. The summed E-state index contributed by atoms with van der Waals surface area (Å²) in [6.07, 6.45) is -4.71. The first-order valence-electron chi connectivity index (χ1n) is 6.54. The number of nitrogens with zero attached hydrogens (tertiary/aromatic N) is 1. The van der Waals surface area contributed by atoms with Gasteiger partial charge in [0.05, 0.1) is 16.9 Å². The van der Waals surface area contributed by atoms with Crippen molar-refractivity contribution in [1.82, 2.24) is 4.98 Å². The highest BCUT2D eigenvalue weighted by Gasteiger charge is 2.36. The van der Waals surface area contributed by atoms with Crippen LogP contribution >= 0.6 is 11.3 Å². The predicted octanol–water partition coefficient (Wildman–Crippen LogP) is 3.80. The second-order valence-electron chi connectivity index (χ2n) is 4.95. The molecule has 3 rings (SSSR count). The van der Waals surface area contributed by atoms with Crippen LogP contribution in [0.15, 0.2) is 30.3 Å². The Morgan fingerprint density at radius 2 is 1.79 bits per heavy atom. The molecule has 1 aromatic carbocycles. The Hall–Kier alpha value is -2.68. The second kappa shape index (κ2) is 5.45. The fourth-order valence-corrected chi connectivity index (χ4v) is 3.27. The summed E-state index contributed by atoms with van der Waals surface area (Å²) < 4.78 is 53.2. The average molecular weight is 355 g/mol. The van der Waals surface area contributed by atoms with E-state index in [1.807, 2.05) is 0 Å². The fourth-order valence-electron chi connectivity index (χ4n) is 2.30. The molecule has 0 spiro atoms. The maximum atomic E-state index is 13.4. The van der Waals surface area contributed by atoms with Crippen LogP contribution in [0.25, 0.3) is 21.5 Å². The molecule has 2 aromatic heterocycles. The van der Waals surface area contributed by atoms with E-state index in [0.717, 1.165) is 18.2 Å². The molecular weight excluding hydrogens is 346 g/mol. The van der Waals surface area contributed by atoms with Crippen LogP contribution in [0.5, 0.6) is 0 Å². The number of aromatic nitrogens is 1. The van der Waals surface area contributed by atoms with Crippen molar-refractivity contribution in [2.24, 2.45) is 5.73 Å². The molecule has 0 aliphatic rings. The summed E-state index contributed by atoms with van der Waals surface area (Å²) in [7, 11) is 0. The third-order valence-corrected chi connectivity index (χ3v) is 4.48. The SMILES string of the molecule is NC(=O)c1sc2nc(-c3ccc(F)cc3)cc(C(F)(F)F)c2c1N. The van der Waals surface area contributed by atoms with E-state index >= 15 is 0 Å². The van der Waals surface area contributed by atoms with Gasteiger partial charge >= 0.3 is 6.18 Å². The van der Waals surface area contributed by atoms with Gasteiger partial charge in [-0.05, 0) is 30.3 Å². The number of anilines is 1. The number of thiophene rings is 1. The van der Waals surface area contributed by atoms with Gasteiger partial charge in [0.15, 0.2) is 0 Å². The molecular formula is C15H9F4N3OS. The molecule has 0 aliphatic heterocycles. The molecule has 4 N–H and O–H groups in total. The molecule has 4 nitrogen and oxygen atoms in total. The van der Waals surface area contributed by atoms with Gasteiger partial charge in [0.1, 0.15) is 15.5 Å². The first-order chi connectivity index (χ1) is 11.2. The molecule has 0 atom stereocenters. The van der Waals surface area contributed by atoms with Gasteiger partial charge in [-0.15, -0.1) is 11.3 Å². The molecule has 24 heavy (non-hydrogen) atoms. The summed E-state index contributed by atoms with van der Waals surface area (Å²) in [5.74, 6) is -1.45. The van der Waals surface area contributed by atoms with Crippen molar-refractivity contribution in [3.63, 3.8) is 0 Å². The van der Waals surface area contributed by atoms with Crippen LogP contribution in [0.2, 0.25) is 0 Å². The Balaban J connectivity index is 2.34. The number of hydrogen-bond acceptors (Lipinski definition) is 4. The number of halogens is 4. The number of primary amides is 1. The van der Waals surface area contributed by atoms with E-state index in [9.17, 15) is 22.4 Å². The molecule has 0 saturated heterocycles. The summed E-state index contributed by atoms with van der Waals surface area (Å²) in [6.45, 7) is 0. The number of alkyl halides is 3. The zero-order valence-electron chi connectivity index (χ0n) is 11.8. The Morgan fingerprint density at radius 3 is 2.33 bits per heavy atom. The summed E-state index contributed by atoms with van der Waals surface area (Å²) in [5.41, 5.74) is 9.74. The van der Waals surface area contributed by atoms with E-state index in [2.05, 4.69) is 4.98 Å². The molecule has 0 bridgehead atoms. The number of carbonyl (C=O) groups excluding carboxylic acids is 1. The summed E-state index contributed by atoms with van der Waals surface area (Å²) >= 11 is 0.690. The van der Waals surface area contributed by atoms with Gasteiger partial charge in [-0.2, -0.15) is 13.2 Å². The number of nitrogen functional groups attached to an aromatic ring is 1. The van der Waals surface area contributed by atoms with Crippen molar-refractivity contribution in [2.75, 3.05) is 5.73 Å². The van der Waals surface area contributed by atoms with E-state index in [4.69, 9.17) is 11.5 Å². The third-order valence-electron chi connectivity index (χ3n) is 3.37. The van der Waals surface area contributed by atoms with Gasteiger partial charge in [-0.3, -0.25) is 4.79 Å². The van der Waals surface area contributed by atoms with E-state index in [0.29, 0.717) is 16.9 Å².